The van der Waals surface area contributed by atoms with E-state index >= 15 is 0 Å². The minimum Gasteiger partial charge on any atom is -0.368 e. The summed E-state index contributed by atoms with van der Waals surface area (Å²) in [6.45, 7) is 1.34. The monoisotopic (exact) mass is 390 g/mol. The molecule has 0 spiro atoms. The number of nitrogens with zero attached hydrogens (tertiary/aromatic N) is 4. The van der Waals surface area contributed by atoms with Crippen molar-refractivity contribution in [2.24, 2.45) is 0 Å². The summed E-state index contributed by atoms with van der Waals surface area (Å²) in [7, 11) is 0. The zero-order valence-corrected chi connectivity index (χ0v) is 16.3. The molecule has 1 unspecified atom stereocenters. The lowest BCUT2D eigenvalue weighted by molar-refractivity contribution is 0.609. The molecule has 0 bridgehead atoms. The van der Waals surface area contributed by atoms with E-state index in [-0.39, 0.29) is 5.95 Å². The zero-order valence-electron chi connectivity index (χ0n) is 16.3. The molecule has 29 heavy (non-hydrogen) atoms. The Morgan fingerprint density at radius 2 is 1.76 bits per heavy atom. The number of nitrogen functional groups attached to an aromatic ring is 2. The summed E-state index contributed by atoms with van der Waals surface area (Å²) in [4.78, 5) is 17.1. The van der Waals surface area contributed by atoms with E-state index in [1.165, 1.54) is 11.1 Å². The molecule has 0 saturated carbocycles. The highest BCUT2D eigenvalue weighted by atomic mass is 15.1. The van der Waals surface area contributed by atoms with Crippen LogP contribution in [0.25, 0.3) is 0 Å². The lowest BCUT2D eigenvalue weighted by Crippen LogP contribution is -2.18. The van der Waals surface area contributed by atoms with Gasteiger partial charge in [-0.1, -0.05) is 30.3 Å². The van der Waals surface area contributed by atoms with E-state index in [4.69, 9.17) is 11.5 Å². The number of hydrogen-bond donors (Lipinski definition) is 4. The Balaban J connectivity index is 1.44. The van der Waals surface area contributed by atoms with Crippen LogP contribution in [0.2, 0.25) is 0 Å². The second-order valence-corrected chi connectivity index (χ2v) is 7.21. The molecule has 0 amide bonds. The van der Waals surface area contributed by atoms with Crippen LogP contribution in [-0.4, -0.2) is 33.0 Å². The van der Waals surface area contributed by atoms with Crippen LogP contribution in [0.3, 0.4) is 0 Å². The maximum Gasteiger partial charge on any atom is 0.222 e. The molecule has 0 radical (unpaired) electrons. The second-order valence-electron chi connectivity index (χ2n) is 7.21. The number of anilines is 4. The standard InChI is InChI=1S/C21H26N8/c22-20-26-10-9-18(28-20)24-11-12-25-19-16-8-4-7-15(14-5-2-1-3-6-14)13-17(16)27-21(23)29-19/h1-3,5-6,9-10,15H,4,7-8,11-13H2,(H3,22,24,26,28)(H3,23,25,27,29). The van der Waals surface area contributed by atoms with E-state index in [9.17, 15) is 0 Å². The number of hydrogen-bond acceptors (Lipinski definition) is 8. The van der Waals surface area contributed by atoms with Gasteiger partial charge < -0.3 is 22.1 Å². The average Bonchev–Trinajstić information content (AvgIpc) is 2.94. The average molecular weight is 390 g/mol. The first-order valence-electron chi connectivity index (χ1n) is 9.95. The van der Waals surface area contributed by atoms with Gasteiger partial charge in [-0.15, -0.1) is 0 Å². The summed E-state index contributed by atoms with van der Waals surface area (Å²) in [6.07, 6.45) is 5.71. The number of benzene rings is 1. The van der Waals surface area contributed by atoms with E-state index in [0.29, 0.717) is 30.8 Å². The quantitative estimate of drug-likeness (QED) is 0.373. The van der Waals surface area contributed by atoms with Gasteiger partial charge in [0.1, 0.15) is 11.6 Å². The summed E-state index contributed by atoms with van der Waals surface area (Å²) in [6, 6.07) is 12.4. The first-order chi connectivity index (χ1) is 14.2. The molecule has 8 nitrogen and oxygen atoms in total. The van der Waals surface area contributed by atoms with Crippen LogP contribution in [0.4, 0.5) is 23.5 Å². The Kier molecular flexibility index (Phi) is 5.69. The van der Waals surface area contributed by atoms with Crippen molar-refractivity contribution in [3.05, 3.63) is 59.4 Å². The van der Waals surface area contributed by atoms with E-state index < -0.39 is 0 Å². The number of rotatable bonds is 6. The molecular formula is C21H26N8. The fraction of sp³-hybridized carbons (Fsp3) is 0.333. The Labute approximate surface area is 170 Å². The first kappa shape index (κ1) is 18.9. The molecule has 4 rings (SSSR count). The third kappa shape index (κ3) is 4.71. The van der Waals surface area contributed by atoms with E-state index in [0.717, 1.165) is 37.2 Å². The van der Waals surface area contributed by atoms with Crippen LogP contribution in [0, 0.1) is 0 Å². The molecule has 2 heterocycles. The fourth-order valence-electron chi connectivity index (χ4n) is 3.84. The van der Waals surface area contributed by atoms with Crippen molar-refractivity contribution >= 4 is 23.5 Å². The van der Waals surface area contributed by atoms with Crippen LogP contribution < -0.4 is 22.1 Å². The van der Waals surface area contributed by atoms with Crippen molar-refractivity contribution in [3.8, 4) is 0 Å². The maximum absolute atomic E-state index is 6.02. The maximum atomic E-state index is 6.02. The van der Waals surface area contributed by atoms with Gasteiger partial charge in [0.25, 0.3) is 0 Å². The van der Waals surface area contributed by atoms with Gasteiger partial charge in [-0.25, -0.2) is 9.97 Å². The Morgan fingerprint density at radius 1 is 0.931 bits per heavy atom. The molecule has 1 aromatic carbocycles. The predicted octanol–water partition coefficient (Wildman–Crippen LogP) is 2.62. The van der Waals surface area contributed by atoms with Gasteiger partial charge in [0, 0.05) is 24.8 Å². The van der Waals surface area contributed by atoms with Gasteiger partial charge in [0.15, 0.2) is 0 Å². The van der Waals surface area contributed by atoms with Gasteiger partial charge in [0.2, 0.25) is 11.9 Å². The van der Waals surface area contributed by atoms with Crippen LogP contribution in [0.5, 0.6) is 0 Å². The van der Waals surface area contributed by atoms with Gasteiger partial charge in [-0.2, -0.15) is 9.97 Å². The lowest BCUT2D eigenvalue weighted by Gasteiger charge is -2.16. The molecule has 3 aromatic rings. The number of fused-ring (bicyclic) bond motifs is 1. The minimum atomic E-state index is 0.254. The van der Waals surface area contributed by atoms with E-state index in [1.807, 2.05) is 0 Å². The summed E-state index contributed by atoms with van der Waals surface area (Å²) in [5, 5.41) is 6.64. The molecule has 150 valence electrons. The summed E-state index contributed by atoms with van der Waals surface area (Å²) in [5.41, 5.74) is 15.2. The van der Waals surface area contributed by atoms with Crippen molar-refractivity contribution < 1.29 is 0 Å². The highest BCUT2D eigenvalue weighted by Gasteiger charge is 2.22. The third-order valence-electron chi connectivity index (χ3n) is 5.20. The summed E-state index contributed by atoms with van der Waals surface area (Å²) < 4.78 is 0. The number of nitrogens with two attached hydrogens (primary N) is 2. The van der Waals surface area contributed by atoms with Gasteiger partial charge in [0.05, 0.1) is 5.69 Å². The smallest absolute Gasteiger partial charge is 0.222 e. The number of nitrogens with one attached hydrogen (secondary N) is 2. The van der Waals surface area contributed by atoms with Crippen LogP contribution >= 0.6 is 0 Å². The zero-order chi connectivity index (χ0) is 20.1. The number of aromatic nitrogens is 4. The normalized spacial score (nSPS) is 15.9. The predicted molar refractivity (Wildman–Crippen MR) is 116 cm³/mol. The molecule has 0 fully saturated rings. The summed E-state index contributed by atoms with van der Waals surface area (Å²) >= 11 is 0. The van der Waals surface area contributed by atoms with Crippen molar-refractivity contribution in [1.82, 2.24) is 19.9 Å². The van der Waals surface area contributed by atoms with Gasteiger partial charge >= 0.3 is 0 Å². The second kappa shape index (κ2) is 8.72. The van der Waals surface area contributed by atoms with E-state index in [2.05, 4.69) is 60.9 Å². The molecule has 1 aliphatic rings. The van der Waals surface area contributed by atoms with Crippen LogP contribution in [0.15, 0.2) is 42.6 Å². The first-order valence-corrected chi connectivity index (χ1v) is 9.95. The molecule has 1 aliphatic carbocycles. The van der Waals surface area contributed by atoms with Crippen molar-refractivity contribution in [2.75, 3.05) is 35.2 Å². The topological polar surface area (TPSA) is 128 Å². The minimum absolute atomic E-state index is 0.254. The highest BCUT2D eigenvalue weighted by Crippen LogP contribution is 2.33. The van der Waals surface area contributed by atoms with Crippen LogP contribution in [-0.2, 0) is 12.8 Å². The largest absolute Gasteiger partial charge is 0.368 e. The van der Waals surface area contributed by atoms with Crippen molar-refractivity contribution in [3.63, 3.8) is 0 Å². The molecule has 1 atom stereocenters. The van der Waals surface area contributed by atoms with Crippen LogP contribution in [0.1, 0.15) is 35.6 Å². The molecule has 2 aromatic heterocycles. The Hall–Kier alpha value is -3.42. The third-order valence-corrected chi connectivity index (χ3v) is 5.20. The van der Waals surface area contributed by atoms with Crippen molar-refractivity contribution in [2.45, 2.75) is 31.6 Å². The van der Waals surface area contributed by atoms with Gasteiger partial charge in [-0.05, 0) is 43.2 Å². The molecule has 6 N–H and O–H groups in total. The van der Waals surface area contributed by atoms with Crippen molar-refractivity contribution in [1.29, 1.82) is 0 Å². The molecule has 0 aliphatic heterocycles. The molecule has 0 saturated heterocycles. The molecular weight excluding hydrogens is 364 g/mol. The van der Waals surface area contributed by atoms with Gasteiger partial charge in [-0.3, -0.25) is 0 Å². The SMILES string of the molecule is Nc1nccc(NCCNc2nc(N)nc3c2CCCC(c2ccccc2)C3)n1. The molecule has 8 heteroatoms. The Bertz CT molecular complexity index is 960. The fourth-order valence-corrected chi connectivity index (χ4v) is 3.84. The van der Waals surface area contributed by atoms with E-state index in [1.54, 1.807) is 12.3 Å². The Morgan fingerprint density at radius 3 is 2.59 bits per heavy atom. The summed E-state index contributed by atoms with van der Waals surface area (Å²) in [5.74, 6) is 2.57. The lowest BCUT2D eigenvalue weighted by atomic mass is 9.91. The highest BCUT2D eigenvalue weighted by molar-refractivity contribution is 5.51.